The van der Waals surface area contributed by atoms with Gasteiger partial charge in [0.25, 0.3) is 0 Å². The molecule has 1 amide bonds. The first-order chi connectivity index (χ1) is 11.7. The third-order valence-electron chi connectivity index (χ3n) is 5.12. The highest BCUT2D eigenvalue weighted by molar-refractivity contribution is 7.10. The second-order valence-corrected chi connectivity index (χ2v) is 7.61. The largest absolute Gasteiger partial charge is 0.355 e. The van der Waals surface area contributed by atoms with Crippen molar-refractivity contribution in [1.29, 1.82) is 0 Å². The van der Waals surface area contributed by atoms with Gasteiger partial charge in [-0.2, -0.15) is 0 Å². The third-order valence-corrected chi connectivity index (χ3v) is 6.14. The van der Waals surface area contributed by atoms with Gasteiger partial charge < -0.3 is 9.80 Å². The zero-order chi connectivity index (χ0) is 16.5. The van der Waals surface area contributed by atoms with Gasteiger partial charge in [0.1, 0.15) is 5.82 Å². The zero-order valence-corrected chi connectivity index (χ0v) is 14.8. The van der Waals surface area contributed by atoms with Crippen LogP contribution < -0.4 is 4.90 Å². The monoisotopic (exact) mass is 342 g/mol. The molecule has 4 rings (SSSR count). The lowest BCUT2D eigenvalue weighted by molar-refractivity contribution is -0.137. The Morgan fingerprint density at radius 3 is 2.79 bits per heavy atom. The van der Waals surface area contributed by atoms with Gasteiger partial charge in [0, 0.05) is 49.4 Å². The molecular formula is C18H22N4OS. The van der Waals surface area contributed by atoms with Crippen LogP contribution in [0.2, 0.25) is 0 Å². The van der Waals surface area contributed by atoms with Gasteiger partial charge in [0.05, 0.1) is 5.69 Å². The summed E-state index contributed by atoms with van der Waals surface area (Å²) in [5.41, 5.74) is 2.30. The molecule has 1 fully saturated rings. The highest BCUT2D eigenvalue weighted by atomic mass is 32.1. The molecule has 0 aromatic carbocycles. The smallest absolute Gasteiger partial charge is 0.226 e. The van der Waals surface area contributed by atoms with Crippen LogP contribution in [-0.2, 0) is 17.8 Å². The summed E-state index contributed by atoms with van der Waals surface area (Å²) in [5, 5.41) is 2.14. The van der Waals surface area contributed by atoms with Crippen molar-refractivity contribution in [3.05, 3.63) is 40.0 Å². The van der Waals surface area contributed by atoms with Crippen molar-refractivity contribution in [3.63, 3.8) is 0 Å². The molecule has 24 heavy (non-hydrogen) atoms. The minimum Gasteiger partial charge on any atom is -0.355 e. The van der Waals surface area contributed by atoms with E-state index in [1.807, 2.05) is 18.3 Å². The number of carbonyl (C=O) groups excluding carboxylic acids is 1. The average Bonchev–Trinajstić information content (AvgIpc) is 3.09. The van der Waals surface area contributed by atoms with Crippen molar-refractivity contribution in [1.82, 2.24) is 14.9 Å². The van der Waals surface area contributed by atoms with E-state index in [0.717, 1.165) is 57.0 Å². The molecule has 5 nitrogen and oxygen atoms in total. The van der Waals surface area contributed by atoms with E-state index in [0.29, 0.717) is 5.91 Å². The first-order valence-electron chi connectivity index (χ1n) is 8.59. The molecule has 0 N–H and O–H groups in total. The normalized spacial score (nSPS) is 18.5. The first-order valence-corrected chi connectivity index (χ1v) is 9.47. The number of nitrogens with zero attached hydrogens (tertiary/aromatic N) is 4. The Morgan fingerprint density at radius 2 is 2.00 bits per heavy atom. The fourth-order valence-electron chi connectivity index (χ4n) is 3.74. The van der Waals surface area contributed by atoms with Gasteiger partial charge >= 0.3 is 0 Å². The van der Waals surface area contributed by atoms with Crippen LogP contribution in [0.4, 0.5) is 5.82 Å². The van der Waals surface area contributed by atoms with E-state index in [-0.39, 0.29) is 5.92 Å². The highest BCUT2D eigenvalue weighted by Crippen LogP contribution is 2.28. The number of aromatic nitrogens is 2. The predicted octanol–water partition coefficient (Wildman–Crippen LogP) is 2.65. The van der Waals surface area contributed by atoms with Gasteiger partial charge in [-0.25, -0.2) is 4.98 Å². The summed E-state index contributed by atoms with van der Waals surface area (Å²) in [4.78, 5) is 27.4. The summed E-state index contributed by atoms with van der Waals surface area (Å²) < 4.78 is 0. The van der Waals surface area contributed by atoms with E-state index >= 15 is 0 Å². The molecule has 2 aliphatic heterocycles. The number of fused-ring (bicyclic) bond motifs is 1. The van der Waals surface area contributed by atoms with E-state index in [4.69, 9.17) is 0 Å². The minimum absolute atomic E-state index is 0.151. The van der Waals surface area contributed by atoms with Gasteiger partial charge in [0.2, 0.25) is 5.91 Å². The van der Waals surface area contributed by atoms with Crippen LogP contribution in [0.25, 0.3) is 0 Å². The second kappa shape index (κ2) is 6.51. The molecule has 0 saturated carbocycles. The van der Waals surface area contributed by atoms with Crippen LogP contribution in [0.1, 0.15) is 29.0 Å². The summed E-state index contributed by atoms with van der Waals surface area (Å²) in [5.74, 6) is 1.45. The topological polar surface area (TPSA) is 49.3 Å². The molecular weight excluding hydrogens is 320 g/mol. The van der Waals surface area contributed by atoms with E-state index in [1.54, 1.807) is 12.4 Å². The van der Waals surface area contributed by atoms with Gasteiger partial charge in [-0.05, 0) is 43.2 Å². The summed E-state index contributed by atoms with van der Waals surface area (Å²) in [7, 11) is 0. The fraction of sp³-hybridized carbons (Fsp3) is 0.500. The molecule has 0 aliphatic carbocycles. The summed E-state index contributed by atoms with van der Waals surface area (Å²) >= 11 is 1.82. The second-order valence-electron chi connectivity index (χ2n) is 6.61. The zero-order valence-electron chi connectivity index (χ0n) is 13.9. The summed E-state index contributed by atoms with van der Waals surface area (Å²) in [6.45, 7) is 5.42. The molecule has 2 aliphatic rings. The maximum Gasteiger partial charge on any atom is 0.226 e. The van der Waals surface area contributed by atoms with Gasteiger partial charge in [0.15, 0.2) is 0 Å². The Balaban J connectivity index is 1.38. The van der Waals surface area contributed by atoms with Crippen LogP contribution >= 0.6 is 11.3 Å². The van der Waals surface area contributed by atoms with E-state index in [9.17, 15) is 4.79 Å². The molecule has 126 valence electrons. The fourth-order valence-corrected chi connectivity index (χ4v) is 4.63. The number of amides is 1. The highest BCUT2D eigenvalue weighted by Gasteiger charge is 2.31. The Bertz CT molecular complexity index is 736. The van der Waals surface area contributed by atoms with E-state index < -0.39 is 0 Å². The van der Waals surface area contributed by atoms with Crippen molar-refractivity contribution in [2.24, 2.45) is 5.92 Å². The summed E-state index contributed by atoms with van der Waals surface area (Å²) in [6, 6.07) is 2.17. The average molecular weight is 342 g/mol. The lowest BCUT2D eigenvalue weighted by atomic mass is 9.94. The van der Waals surface area contributed by atoms with Crippen molar-refractivity contribution in [2.45, 2.75) is 32.7 Å². The van der Waals surface area contributed by atoms with Crippen LogP contribution in [0.3, 0.4) is 0 Å². The van der Waals surface area contributed by atoms with E-state index in [1.165, 1.54) is 10.4 Å². The predicted molar refractivity (Wildman–Crippen MR) is 95.1 cm³/mol. The molecule has 0 unspecified atom stereocenters. The number of rotatable bonds is 2. The molecule has 2 aromatic rings. The number of hydrogen-bond acceptors (Lipinski definition) is 5. The van der Waals surface area contributed by atoms with Crippen LogP contribution in [0, 0.1) is 12.8 Å². The number of hydrogen-bond donors (Lipinski definition) is 0. The Kier molecular flexibility index (Phi) is 4.22. The van der Waals surface area contributed by atoms with Crippen molar-refractivity contribution in [3.8, 4) is 0 Å². The Hall–Kier alpha value is -1.95. The number of thiophene rings is 1. The number of aryl methyl sites for hydroxylation is 1. The lowest BCUT2D eigenvalue weighted by Crippen LogP contribution is -2.44. The standard InChI is InChI=1S/C18H22N4OS/c1-13-17(20-7-6-19-13)21-8-2-14(3-9-21)18(23)22-10-4-16-15(12-22)5-11-24-16/h5-7,11,14H,2-4,8-10,12H2,1H3. The van der Waals surface area contributed by atoms with Crippen LogP contribution in [-0.4, -0.2) is 40.4 Å². The molecule has 1 saturated heterocycles. The molecule has 0 atom stereocenters. The van der Waals surface area contributed by atoms with Gasteiger partial charge in [-0.3, -0.25) is 9.78 Å². The quantitative estimate of drug-likeness (QED) is 0.842. The minimum atomic E-state index is 0.151. The maximum atomic E-state index is 12.9. The molecule has 4 heterocycles. The molecule has 0 spiro atoms. The number of piperidine rings is 1. The van der Waals surface area contributed by atoms with Gasteiger partial charge in [-0.1, -0.05) is 0 Å². The van der Waals surface area contributed by atoms with Crippen molar-refractivity contribution < 1.29 is 4.79 Å². The summed E-state index contributed by atoms with van der Waals surface area (Å²) in [6.07, 6.45) is 6.29. The van der Waals surface area contributed by atoms with Crippen molar-refractivity contribution in [2.75, 3.05) is 24.5 Å². The number of anilines is 1. The van der Waals surface area contributed by atoms with Gasteiger partial charge in [-0.15, -0.1) is 11.3 Å². The maximum absolute atomic E-state index is 12.9. The lowest BCUT2D eigenvalue weighted by Gasteiger charge is -2.36. The van der Waals surface area contributed by atoms with Crippen molar-refractivity contribution >= 4 is 23.1 Å². The van der Waals surface area contributed by atoms with Crippen LogP contribution in [0.15, 0.2) is 23.8 Å². The number of carbonyl (C=O) groups is 1. The first kappa shape index (κ1) is 15.6. The van der Waals surface area contributed by atoms with Crippen LogP contribution in [0.5, 0.6) is 0 Å². The van der Waals surface area contributed by atoms with E-state index in [2.05, 4.69) is 31.2 Å². The molecule has 0 radical (unpaired) electrons. The molecule has 2 aromatic heterocycles. The molecule has 0 bridgehead atoms. The Morgan fingerprint density at radius 1 is 1.21 bits per heavy atom. The molecule has 6 heteroatoms. The Labute approximate surface area is 146 Å². The SMILES string of the molecule is Cc1nccnc1N1CCC(C(=O)N2CCc3sccc3C2)CC1. The third kappa shape index (κ3) is 2.90.